The lowest BCUT2D eigenvalue weighted by molar-refractivity contribution is -0.380. The lowest BCUT2D eigenvalue weighted by Crippen LogP contribution is -2.41. The maximum atomic E-state index is 11.9. The predicted molar refractivity (Wildman–Crippen MR) is 80.0 cm³/mol. The molecule has 0 saturated carbocycles. The molecule has 2 amide bonds. The normalized spacial score (nSPS) is 9.95. The summed E-state index contributed by atoms with van der Waals surface area (Å²) < 4.78 is 0.587. The minimum Gasteiger partial charge on any atom is -0.267 e. The Morgan fingerprint density at radius 1 is 1.10 bits per heavy atom. The van der Waals surface area contributed by atoms with Gasteiger partial charge in [-0.15, -0.1) is 0 Å². The first-order valence-corrected chi connectivity index (χ1v) is 7.19. The van der Waals surface area contributed by atoms with E-state index >= 15 is 0 Å². The van der Waals surface area contributed by atoms with Gasteiger partial charge in [0.25, 0.3) is 11.8 Å². The number of carbonyl (C=O) groups excluding carboxylic acids is 2. The zero-order valence-electron chi connectivity index (χ0n) is 10.3. The van der Waals surface area contributed by atoms with E-state index in [4.69, 9.17) is 0 Å². The van der Waals surface area contributed by atoms with Crippen molar-refractivity contribution in [1.29, 1.82) is 0 Å². The van der Waals surface area contributed by atoms with E-state index in [0.29, 0.717) is 10.0 Å². The van der Waals surface area contributed by atoms with Crippen LogP contribution in [0.25, 0.3) is 0 Å². The Labute approximate surface area is 131 Å². The maximum Gasteiger partial charge on any atom is 0.324 e. The van der Waals surface area contributed by atoms with Crippen molar-refractivity contribution < 1.29 is 14.5 Å². The van der Waals surface area contributed by atoms with Crippen molar-refractivity contribution in [3.05, 3.63) is 61.4 Å². The van der Waals surface area contributed by atoms with Gasteiger partial charge >= 0.3 is 5.00 Å². The third-order valence-corrected chi connectivity index (χ3v) is 4.13. The molecule has 0 aliphatic heterocycles. The van der Waals surface area contributed by atoms with Crippen molar-refractivity contribution in [2.45, 2.75) is 0 Å². The number of nitrogens with one attached hydrogen (secondary N) is 2. The summed E-state index contributed by atoms with van der Waals surface area (Å²) in [6.45, 7) is 0. The number of hydrogen-bond donors (Lipinski definition) is 2. The Bertz CT molecular complexity index is 716. The van der Waals surface area contributed by atoms with Gasteiger partial charge in [0, 0.05) is 10.5 Å². The first-order chi connectivity index (χ1) is 9.99. The van der Waals surface area contributed by atoms with Gasteiger partial charge in [0.2, 0.25) is 0 Å². The monoisotopic (exact) mass is 369 g/mol. The Hall–Kier alpha value is -2.26. The van der Waals surface area contributed by atoms with Gasteiger partial charge in [-0.3, -0.25) is 30.6 Å². The number of nitro groups is 1. The second kappa shape index (κ2) is 6.46. The number of hydrogen-bond acceptors (Lipinski definition) is 5. The van der Waals surface area contributed by atoms with E-state index in [2.05, 4.69) is 26.8 Å². The summed E-state index contributed by atoms with van der Waals surface area (Å²) in [6, 6.07) is 9.27. The number of benzene rings is 1. The molecule has 9 heteroatoms. The van der Waals surface area contributed by atoms with Crippen molar-refractivity contribution in [2.24, 2.45) is 0 Å². The molecule has 0 aliphatic rings. The first kappa shape index (κ1) is 15.1. The third-order valence-electron chi connectivity index (χ3n) is 2.40. The van der Waals surface area contributed by atoms with Crippen molar-refractivity contribution in [3.63, 3.8) is 0 Å². The standard InChI is InChI=1S/C12H8BrN3O4S/c13-8-4-2-1-3-7(8)11(17)14-15-12(18)9-5-6-10(21-9)16(19)20/h1-6H,(H,14,17)(H,15,18). The largest absolute Gasteiger partial charge is 0.324 e. The van der Waals surface area contributed by atoms with Gasteiger partial charge in [0.1, 0.15) is 4.88 Å². The molecule has 0 bridgehead atoms. The Morgan fingerprint density at radius 2 is 1.76 bits per heavy atom. The zero-order chi connectivity index (χ0) is 15.4. The molecule has 0 saturated heterocycles. The van der Waals surface area contributed by atoms with Crippen LogP contribution in [0.1, 0.15) is 20.0 Å². The lowest BCUT2D eigenvalue weighted by Gasteiger charge is -2.07. The number of amides is 2. The third kappa shape index (κ3) is 3.64. The summed E-state index contributed by atoms with van der Waals surface area (Å²) in [5, 5.41) is 10.4. The number of rotatable bonds is 3. The summed E-state index contributed by atoms with van der Waals surface area (Å²) in [6.07, 6.45) is 0. The first-order valence-electron chi connectivity index (χ1n) is 5.58. The van der Waals surface area contributed by atoms with E-state index < -0.39 is 16.7 Å². The van der Waals surface area contributed by atoms with E-state index in [0.717, 1.165) is 11.3 Å². The number of nitrogens with zero attached hydrogens (tertiary/aromatic N) is 1. The molecule has 108 valence electrons. The average Bonchev–Trinajstić information content (AvgIpc) is 2.95. The molecule has 2 rings (SSSR count). The molecule has 7 nitrogen and oxygen atoms in total. The Balaban J connectivity index is 1.99. The highest BCUT2D eigenvalue weighted by Gasteiger charge is 2.16. The highest BCUT2D eigenvalue weighted by molar-refractivity contribution is 9.10. The summed E-state index contributed by atoms with van der Waals surface area (Å²) in [5.41, 5.74) is 4.81. The van der Waals surface area contributed by atoms with Crippen LogP contribution < -0.4 is 10.9 Å². The van der Waals surface area contributed by atoms with Crippen LogP contribution in [0.2, 0.25) is 0 Å². The number of thiophene rings is 1. The van der Waals surface area contributed by atoms with Gasteiger partial charge in [-0.05, 0) is 34.1 Å². The molecular weight excluding hydrogens is 362 g/mol. The molecule has 0 spiro atoms. The number of carbonyl (C=O) groups is 2. The van der Waals surface area contributed by atoms with E-state index in [1.54, 1.807) is 24.3 Å². The fourth-order valence-corrected chi connectivity index (χ4v) is 2.62. The SMILES string of the molecule is O=C(NNC(=O)c1ccccc1Br)c1ccc([N+](=O)[O-])s1. The minimum absolute atomic E-state index is 0.133. The summed E-state index contributed by atoms with van der Waals surface area (Å²) in [5.74, 6) is -1.12. The smallest absolute Gasteiger partial charge is 0.267 e. The minimum atomic E-state index is -0.617. The van der Waals surface area contributed by atoms with Crippen molar-refractivity contribution in [2.75, 3.05) is 0 Å². The molecule has 21 heavy (non-hydrogen) atoms. The van der Waals surface area contributed by atoms with Crippen LogP contribution in [0.5, 0.6) is 0 Å². The molecule has 1 aromatic heterocycles. The fourth-order valence-electron chi connectivity index (χ4n) is 1.44. The van der Waals surface area contributed by atoms with Crippen molar-refractivity contribution >= 4 is 44.1 Å². The molecular formula is C12H8BrN3O4S. The molecule has 1 heterocycles. The fraction of sp³-hybridized carbons (Fsp3) is 0. The van der Waals surface area contributed by atoms with E-state index in [1.165, 1.54) is 12.1 Å². The molecule has 0 unspecified atom stereocenters. The van der Waals surface area contributed by atoms with Gasteiger partial charge in [-0.1, -0.05) is 23.5 Å². The van der Waals surface area contributed by atoms with Crippen LogP contribution in [0, 0.1) is 10.1 Å². The molecule has 0 atom stereocenters. The maximum absolute atomic E-state index is 11.9. The molecule has 2 N–H and O–H groups in total. The highest BCUT2D eigenvalue weighted by atomic mass is 79.9. The van der Waals surface area contributed by atoms with Gasteiger partial charge in [0.15, 0.2) is 0 Å². The van der Waals surface area contributed by atoms with E-state index in [9.17, 15) is 19.7 Å². The van der Waals surface area contributed by atoms with Gasteiger partial charge < -0.3 is 0 Å². The number of hydrazine groups is 1. The highest BCUT2D eigenvalue weighted by Crippen LogP contribution is 2.23. The van der Waals surface area contributed by atoms with E-state index in [-0.39, 0.29) is 9.88 Å². The molecule has 2 aromatic rings. The number of halogens is 1. The van der Waals surface area contributed by atoms with Gasteiger partial charge in [-0.25, -0.2) is 0 Å². The van der Waals surface area contributed by atoms with Crippen LogP contribution in [-0.4, -0.2) is 16.7 Å². The van der Waals surface area contributed by atoms with Crippen molar-refractivity contribution in [3.8, 4) is 0 Å². The molecule has 1 aromatic carbocycles. The van der Waals surface area contributed by atoms with Crippen LogP contribution in [-0.2, 0) is 0 Å². The van der Waals surface area contributed by atoms with Crippen molar-refractivity contribution in [1.82, 2.24) is 10.9 Å². The quantitative estimate of drug-likeness (QED) is 0.640. The Morgan fingerprint density at radius 3 is 2.38 bits per heavy atom. The van der Waals surface area contributed by atoms with Crippen LogP contribution in [0.15, 0.2) is 40.9 Å². The van der Waals surface area contributed by atoms with Crippen LogP contribution >= 0.6 is 27.3 Å². The second-order valence-corrected chi connectivity index (χ2v) is 5.70. The van der Waals surface area contributed by atoms with Gasteiger partial charge in [0.05, 0.1) is 10.5 Å². The van der Waals surface area contributed by atoms with Crippen LogP contribution in [0.3, 0.4) is 0 Å². The lowest BCUT2D eigenvalue weighted by atomic mass is 10.2. The predicted octanol–water partition coefficient (Wildman–Crippen LogP) is 2.49. The van der Waals surface area contributed by atoms with E-state index in [1.807, 2.05) is 0 Å². The molecule has 0 aliphatic carbocycles. The second-order valence-electron chi connectivity index (χ2n) is 3.78. The topological polar surface area (TPSA) is 101 Å². The Kier molecular flexibility index (Phi) is 4.66. The average molecular weight is 370 g/mol. The van der Waals surface area contributed by atoms with Crippen LogP contribution in [0.4, 0.5) is 5.00 Å². The summed E-state index contributed by atoms with van der Waals surface area (Å²) >= 11 is 3.95. The van der Waals surface area contributed by atoms with Gasteiger partial charge in [-0.2, -0.15) is 0 Å². The summed E-state index contributed by atoms with van der Waals surface area (Å²) in [4.78, 5) is 33.7. The summed E-state index contributed by atoms with van der Waals surface area (Å²) in [7, 11) is 0. The molecule has 0 fully saturated rings. The molecule has 0 radical (unpaired) electrons. The zero-order valence-corrected chi connectivity index (χ0v) is 12.7.